The molecule has 2 amide bonds. The van der Waals surface area contributed by atoms with Gasteiger partial charge in [0, 0.05) is 25.7 Å². The highest BCUT2D eigenvalue weighted by molar-refractivity contribution is 7.89. The van der Waals surface area contributed by atoms with Gasteiger partial charge in [0.15, 0.2) is 0 Å². The van der Waals surface area contributed by atoms with Crippen LogP contribution in [0.25, 0.3) is 0 Å². The van der Waals surface area contributed by atoms with Gasteiger partial charge in [0.05, 0.1) is 4.90 Å². The molecule has 1 aliphatic heterocycles. The van der Waals surface area contributed by atoms with Crippen LogP contribution in [0.3, 0.4) is 0 Å². The van der Waals surface area contributed by atoms with E-state index in [1.54, 1.807) is 13.8 Å². The molecule has 1 aliphatic rings. The first kappa shape index (κ1) is 21.3. The number of likely N-dealkylation sites (N-methyl/N-ethyl adjacent to an activating group) is 1. The Bertz CT molecular complexity index is 798. The van der Waals surface area contributed by atoms with Crippen molar-refractivity contribution in [2.75, 3.05) is 19.6 Å². The van der Waals surface area contributed by atoms with E-state index in [4.69, 9.17) is 0 Å². The number of amides is 2. The van der Waals surface area contributed by atoms with Gasteiger partial charge in [-0.1, -0.05) is 6.42 Å². The zero-order chi connectivity index (χ0) is 20.0. The van der Waals surface area contributed by atoms with E-state index >= 15 is 0 Å². The molecule has 1 aromatic carbocycles. The number of halogens is 1. The quantitative estimate of drug-likeness (QED) is 0.706. The minimum absolute atomic E-state index is 0.0992. The van der Waals surface area contributed by atoms with Crippen molar-refractivity contribution in [3.05, 3.63) is 29.6 Å². The predicted molar refractivity (Wildman–Crippen MR) is 99.0 cm³/mol. The molecule has 150 valence electrons. The van der Waals surface area contributed by atoms with Crippen LogP contribution in [-0.4, -0.2) is 50.2 Å². The first-order valence-electron chi connectivity index (χ1n) is 9.11. The Morgan fingerprint density at radius 2 is 1.93 bits per heavy atom. The summed E-state index contributed by atoms with van der Waals surface area (Å²) in [5, 5.41) is 4.93. The molecule has 27 heavy (non-hydrogen) atoms. The number of sulfonamides is 1. The van der Waals surface area contributed by atoms with Crippen LogP contribution in [0.15, 0.2) is 23.1 Å². The van der Waals surface area contributed by atoms with Gasteiger partial charge < -0.3 is 10.6 Å². The van der Waals surface area contributed by atoms with E-state index in [1.807, 2.05) is 0 Å². The number of hydrogen-bond donors (Lipinski definition) is 2. The van der Waals surface area contributed by atoms with Crippen molar-refractivity contribution in [2.45, 2.75) is 50.5 Å². The van der Waals surface area contributed by atoms with Crippen molar-refractivity contribution in [2.24, 2.45) is 0 Å². The lowest BCUT2D eigenvalue weighted by atomic mass is 10.0. The molecule has 1 heterocycles. The summed E-state index contributed by atoms with van der Waals surface area (Å²) in [5.41, 5.74) is 0.365. The van der Waals surface area contributed by atoms with Crippen LogP contribution >= 0.6 is 0 Å². The Labute approximate surface area is 159 Å². The van der Waals surface area contributed by atoms with Crippen molar-refractivity contribution in [1.29, 1.82) is 0 Å². The number of piperidine rings is 1. The normalized spacial score (nSPS) is 18.1. The zero-order valence-electron chi connectivity index (χ0n) is 15.6. The first-order valence-corrected chi connectivity index (χ1v) is 10.6. The molecule has 0 aliphatic carbocycles. The maximum Gasteiger partial charge on any atom is 0.309 e. The van der Waals surface area contributed by atoms with Gasteiger partial charge in [0.2, 0.25) is 10.0 Å². The fraction of sp³-hybridized carbons (Fsp3) is 0.556. The first-order chi connectivity index (χ1) is 12.8. The maximum atomic E-state index is 13.3. The van der Waals surface area contributed by atoms with Crippen molar-refractivity contribution in [3.63, 3.8) is 0 Å². The molecule has 0 saturated carbocycles. The third kappa shape index (κ3) is 5.26. The third-order valence-electron chi connectivity index (χ3n) is 4.60. The third-order valence-corrected chi connectivity index (χ3v) is 6.72. The van der Waals surface area contributed by atoms with E-state index in [9.17, 15) is 22.4 Å². The molecule has 7 nitrogen and oxygen atoms in total. The molecular formula is C18H26FN3O4S. The summed E-state index contributed by atoms with van der Waals surface area (Å²) in [5.74, 6) is -1.90. The summed E-state index contributed by atoms with van der Waals surface area (Å²) in [6, 6.07) is 3.37. The number of carbonyl (C=O) groups excluding carboxylic acids is 2. The SMILES string of the molecule is CCNC(=O)C(=O)NCC[C@H]1CCCCN1S(=O)(=O)c1ccc(F)cc1C. The van der Waals surface area contributed by atoms with Gasteiger partial charge in [-0.2, -0.15) is 4.31 Å². The summed E-state index contributed by atoms with van der Waals surface area (Å²) >= 11 is 0. The molecule has 1 saturated heterocycles. The highest BCUT2D eigenvalue weighted by atomic mass is 32.2. The number of nitrogens with one attached hydrogen (secondary N) is 2. The lowest BCUT2D eigenvalue weighted by Gasteiger charge is -2.35. The Kier molecular flexibility index (Phi) is 7.32. The summed E-state index contributed by atoms with van der Waals surface area (Å²) in [4.78, 5) is 23.2. The second-order valence-electron chi connectivity index (χ2n) is 6.58. The average molecular weight is 399 g/mol. The molecule has 0 bridgehead atoms. The minimum atomic E-state index is -3.76. The van der Waals surface area contributed by atoms with Crippen molar-refractivity contribution in [3.8, 4) is 0 Å². The second kappa shape index (κ2) is 9.27. The van der Waals surface area contributed by atoms with Gasteiger partial charge in [0.25, 0.3) is 0 Å². The van der Waals surface area contributed by atoms with Gasteiger partial charge in [-0.3, -0.25) is 9.59 Å². The van der Waals surface area contributed by atoms with Crippen LogP contribution < -0.4 is 10.6 Å². The van der Waals surface area contributed by atoms with E-state index in [2.05, 4.69) is 10.6 Å². The molecule has 9 heteroatoms. The summed E-state index contributed by atoms with van der Waals surface area (Å²) in [6.45, 7) is 4.23. The number of rotatable bonds is 6. The fourth-order valence-corrected chi connectivity index (χ4v) is 5.21. The fourth-order valence-electron chi connectivity index (χ4n) is 3.28. The van der Waals surface area contributed by atoms with Gasteiger partial charge >= 0.3 is 11.8 Å². The van der Waals surface area contributed by atoms with Gasteiger partial charge in [-0.25, -0.2) is 12.8 Å². The number of aryl methyl sites for hydroxylation is 1. The zero-order valence-corrected chi connectivity index (χ0v) is 16.4. The lowest BCUT2D eigenvalue weighted by molar-refractivity contribution is -0.139. The standard InChI is InChI=1S/C18H26FN3O4S/c1-3-20-17(23)18(24)21-10-9-15-6-4-5-11-22(15)27(25,26)16-8-7-14(19)12-13(16)2/h7-8,12,15H,3-6,9-11H2,1-2H3,(H,20,23)(H,21,24)/t15-/m1/s1. The molecule has 2 N–H and O–H groups in total. The van der Waals surface area contributed by atoms with Gasteiger partial charge in [-0.15, -0.1) is 0 Å². The number of carbonyl (C=O) groups is 2. The monoisotopic (exact) mass is 399 g/mol. The molecule has 0 spiro atoms. The van der Waals surface area contributed by atoms with Crippen LogP contribution in [0.5, 0.6) is 0 Å². The summed E-state index contributed by atoms with van der Waals surface area (Å²) in [7, 11) is -3.76. The Morgan fingerprint density at radius 3 is 2.59 bits per heavy atom. The van der Waals surface area contributed by atoms with Crippen LogP contribution in [-0.2, 0) is 19.6 Å². The van der Waals surface area contributed by atoms with Gasteiger partial charge in [0.1, 0.15) is 5.82 Å². The lowest BCUT2D eigenvalue weighted by Crippen LogP contribution is -2.46. The molecule has 0 radical (unpaired) electrons. The molecular weight excluding hydrogens is 373 g/mol. The smallest absolute Gasteiger partial charge is 0.309 e. The Balaban J connectivity index is 2.08. The van der Waals surface area contributed by atoms with Crippen LogP contribution in [0.1, 0.15) is 38.2 Å². The largest absolute Gasteiger partial charge is 0.348 e. The topological polar surface area (TPSA) is 95.6 Å². The maximum absolute atomic E-state index is 13.3. The molecule has 0 unspecified atom stereocenters. The van der Waals surface area contributed by atoms with E-state index in [0.29, 0.717) is 31.5 Å². The second-order valence-corrected chi connectivity index (χ2v) is 8.44. The van der Waals surface area contributed by atoms with E-state index < -0.39 is 27.7 Å². The molecule has 2 rings (SSSR count). The molecule has 1 atom stereocenters. The summed E-state index contributed by atoms with van der Waals surface area (Å²) < 4.78 is 40.9. The van der Waals surface area contributed by atoms with Crippen molar-refractivity contribution >= 4 is 21.8 Å². The number of hydrogen-bond acceptors (Lipinski definition) is 4. The van der Waals surface area contributed by atoms with E-state index in [0.717, 1.165) is 18.9 Å². The Morgan fingerprint density at radius 1 is 1.22 bits per heavy atom. The van der Waals surface area contributed by atoms with E-state index in [1.165, 1.54) is 16.4 Å². The van der Waals surface area contributed by atoms with Crippen LogP contribution in [0.2, 0.25) is 0 Å². The molecule has 1 fully saturated rings. The van der Waals surface area contributed by atoms with Crippen LogP contribution in [0, 0.1) is 12.7 Å². The molecule has 0 aromatic heterocycles. The number of nitrogens with zero attached hydrogens (tertiary/aromatic N) is 1. The van der Waals surface area contributed by atoms with Crippen molar-refractivity contribution < 1.29 is 22.4 Å². The van der Waals surface area contributed by atoms with Gasteiger partial charge in [-0.05, 0) is 56.9 Å². The van der Waals surface area contributed by atoms with E-state index in [-0.39, 0.29) is 17.5 Å². The van der Waals surface area contributed by atoms with Crippen LogP contribution in [0.4, 0.5) is 4.39 Å². The minimum Gasteiger partial charge on any atom is -0.348 e. The number of benzene rings is 1. The average Bonchev–Trinajstić information content (AvgIpc) is 2.61. The molecule has 1 aromatic rings. The van der Waals surface area contributed by atoms with Crippen molar-refractivity contribution in [1.82, 2.24) is 14.9 Å². The highest BCUT2D eigenvalue weighted by Gasteiger charge is 2.34. The highest BCUT2D eigenvalue weighted by Crippen LogP contribution is 2.28. The predicted octanol–water partition coefficient (Wildman–Crippen LogP) is 1.32. The Hall–Kier alpha value is -2.00. The summed E-state index contributed by atoms with van der Waals surface area (Å²) in [6.07, 6.45) is 2.73.